The quantitative estimate of drug-likeness (QED) is 0.336. The smallest absolute Gasteiger partial charge is 0.410 e. The van der Waals surface area contributed by atoms with Crippen LogP contribution in [0.2, 0.25) is 0 Å². The van der Waals surface area contributed by atoms with E-state index >= 15 is 0 Å². The van der Waals surface area contributed by atoms with Gasteiger partial charge in [0.05, 0.1) is 0 Å². The Morgan fingerprint density at radius 1 is 1.24 bits per heavy atom. The van der Waals surface area contributed by atoms with Crippen molar-refractivity contribution in [3.8, 4) is 0 Å². The minimum atomic E-state index is -0.771. The molecule has 0 aromatic heterocycles. The fourth-order valence-corrected chi connectivity index (χ4v) is 6.01. The van der Waals surface area contributed by atoms with E-state index in [1.165, 1.54) is 12.1 Å². The zero-order valence-electron chi connectivity index (χ0n) is 23.3. The van der Waals surface area contributed by atoms with Crippen LogP contribution in [0.3, 0.4) is 0 Å². The Bertz CT molecular complexity index is 901. The van der Waals surface area contributed by atoms with Gasteiger partial charge in [-0.05, 0) is 74.0 Å². The largest absolute Gasteiger partial charge is 0.480 e. The van der Waals surface area contributed by atoms with Crippen molar-refractivity contribution < 1.29 is 23.8 Å². The molecular weight excluding hydrogens is 485 g/mol. The summed E-state index contributed by atoms with van der Waals surface area (Å²) in [6.45, 7) is 13.8. The maximum atomic E-state index is 13.1. The van der Waals surface area contributed by atoms with Gasteiger partial charge in [-0.3, -0.25) is 4.79 Å². The Labute approximate surface area is 227 Å². The Morgan fingerprint density at radius 3 is 2.50 bits per heavy atom. The molecule has 2 fully saturated rings. The molecule has 4 atom stereocenters. The van der Waals surface area contributed by atoms with Gasteiger partial charge in [0, 0.05) is 38.3 Å². The fraction of sp³-hybridized carbons (Fsp3) is 0.667. The highest BCUT2D eigenvalue weighted by molar-refractivity contribution is 5.73. The highest BCUT2D eigenvalue weighted by Crippen LogP contribution is 2.35. The molecule has 8 heteroatoms. The van der Waals surface area contributed by atoms with E-state index in [4.69, 9.17) is 4.74 Å². The molecular formula is C30H46FN3O4. The Kier molecular flexibility index (Phi) is 11.6. The molecule has 3 rings (SSSR count). The van der Waals surface area contributed by atoms with Crippen LogP contribution >= 0.6 is 0 Å². The van der Waals surface area contributed by atoms with E-state index in [0.29, 0.717) is 30.7 Å². The number of carboxylic acids is 1. The van der Waals surface area contributed by atoms with Gasteiger partial charge in [0.2, 0.25) is 0 Å². The van der Waals surface area contributed by atoms with Crippen LogP contribution in [0.1, 0.15) is 64.9 Å². The lowest BCUT2D eigenvalue weighted by atomic mass is 9.94. The molecule has 212 valence electrons. The van der Waals surface area contributed by atoms with Crippen LogP contribution in [0.4, 0.5) is 9.18 Å². The van der Waals surface area contributed by atoms with Gasteiger partial charge in [-0.1, -0.05) is 39.0 Å². The maximum absolute atomic E-state index is 13.1. The lowest BCUT2D eigenvalue weighted by Gasteiger charge is -2.39. The van der Waals surface area contributed by atoms with Crippen LogP contribution in [0, 0.1) is 23.6 Å². The van der Waals surface area contributed by atoms with E-state index < -0.39 is 12.0 Å². The SMILES string of the molecule is C=CC1CC(NC(CC(C)C)C(=O)O)CC1CN1CCC(N(CCC)C(=O)OCc2ccc(F)cc2)CC1. The summed E-state index contributed by atoms with van der Waals surface area (Å²) in [7, 11) is 0. The van der Waals surface area contributed by atoms with Gasteiger partial charge in [0.15, 0.2) is 0 Å². The van der Waals surface area contributed by atoms with Crippen LogP contribution in [0.15, 0.2) is 36.9 Å². The topological polar surface area (TPSA) is 82.1 Å². The molecule has 1 amide bonds. The van der Waals surface area contributed by atoms with Gasteiger partial charge in [0.1, 0.15) is 18.5 Å². The molecule has 1 aromatic carbocycles. The first-order valence-electron chi connectivity index (χ1n) is 14.2. The first kappa shape index (κ1) is 30.1. The number of piperidine rings is 1. The normalized spacial score (nSPS) is 23.3. The molecule has 1 aromatic rings. The number of ether oxygens (including phenoxy) is 1. The number of nitrogens with one attached hydrogen (secondary N) is 1. The summed E-state index contributed by atoms with van der Waals surface area (Å²) < 4.78 is 18.7. The third-order valence-electron chi connectivity index (χ3n) is 7.96. The number of hydrogen-bond acceptors (Lipinski definition) is 5. The molecule has 0 spiro atoms. The van der Waals surface area contributed by atoms with E-state index in [9.17, 15) is 19.1 Å². The number of rotatable bonds is 13. The van der Waals surface area contributed by atoms with Gasteiger partial charge in [-0.15, -0.1) is 6.58 Å². The summed E-state index contributed by atoms with van der Waals surface area (Å²) in [5.74, 6) is 0.0648. The molecule has 1 saturated carbocycles. The number of carbonyl (C=O) groups excluding carboxylic acids is 1. The van der Waals surface area contributed by atoms with E-state index in [1.807, 2.05) is 11.0 Å². The lowest BCUT2D eigenvalue weighted by Crippen LogP contribution is -2.48. The van der Waals surface area contributed by atoms with Crippen LogP contribution < -0.4 is 5.32 Å². The molecule has 0 radical (unpaired) electrons. The van der Waals surface area contributed by atoms with E-state index in [0.717, 1.165) is 57.3 Å². The summed E-state index contributed by atoms with van der Waals surface area (Å²) in [4.78, 5) is 29.0. The summed E-state index contributed by atoms with van der Waals surface area (Å²) >= 11 is 0. The summed E-state index contributed by atoms with van der Waals surface area (Å²) in [5.41, 5.74) is 0.769. The highest BCUT2D eigenvalue weighted by atomic mass is 19.1. The highest BCUT2D eigenvalue weighted by Gasteiger charge is 2.37. The number of benzene rings is 1. The monoisotopic (exact) mass is 531 g/mol. The molecule has 1 saturated heterocycles. The summed E-state index contributed by atoms with van der Waals surface area (Å²) in [6, 6.07) is 5.85. The Hall–Kier alpha value is -2.45. The average molecular weight is 532 g/mol. The molecule has 1 aliphatic heterocycles. The second-order valence-corrected chi connectivity index (χ2v) is 11.4. The van der Waals surface area contributed by atoms with Gasteiger partial charge < -0.3 is 25.0 Å². The van der Waals surface area contributed by atoms with Crippen molar-refractivity contribution in [2.24, 2.45) is 17.8 Å². The third kappa shape index (κ3) is 8.80. The van der Waals surface area contributed by atoms with Crippen molar-refractivity contribution >= 4 is 12.1 Å². The second kappa shape index (κ2) is 14.6. The van der Waals surface area contributed by atoms with Gasteiger partial charge in [-0.2, -0.15) is 0 Å². The van der Waals surface area contributed by atoms with Crippen LogP contribution in [0.5, 0.6) is 0 Å². The zero-order valence-corrected chi connectivity index (χ0v) is 23.3. The molecule has 2 aliphatic rings. The molecule has 4 unspecified atom stereocenters. The molecule has 1 aliphatic carbocycles. The van der Waals surface area contributed by atoms with Crippen LogP contribution in [-0.4, -0.2) is 71.3 Å². The first-order chi connectivity index (χ1) is 18.2. The molecule has 2 N–H and O–H groups in total. The zero-order chi connectivity index (χ0) is 27.7. The van der Waals surface area contributed by atoms with Crippen molar-refractivity contribution in [2.75, 3.05) is 26.2 Å². The van der Waals surface area contributed by atoms with Gasteiger partial charge in [0.25, 0.3) is 0 Å². The number of likely N-dealkylation sites (tertiary alicyclic amines) is 1. The number of halogens is 1. The predicted octanol–water partition coefficient (Wildman–Crippen LogP) is 5.31. The lowest BCUT2D eigenvalue weighted by molar-refractivity contribution is -0.140. The van der Waals surface area contributed by atoms with Crippen molar-refractivity contribution in [2.45, 2.75) is 84.0 Å². The Balaban J connectivity index is 1.49. The number of hydrogen-bond donors (Lipinski definition) is 2. The van der Waals surface area contributed by atoms with Crippen LogP contribution in [-0.2, 0) is 16.1 Å². The average Bonchev–Trinajstić information content (AvgIpc) is 3.27. The van der Waals surface area contributed by atoms with Crippen molar-refractivity contribution in [3.63, 3.8) is 0 Å². The minimum Gasteiger partial charge on any atom is -0.480 e. The van der Waals surface area contributed by atoms with E-state index in [1.54, 1.807) is 12.1 Å². The standard InChI is InChI=1S/C30H46FN3O4/c1-5-13-34(30(37)38-20-22-7-9-25(31)10-8-22)27-11-14-33(15-12-27)19-24-18-26(17-23(24)6-2)32-28(29(35)36)16-21(3)4/h6-10,21,23-24,26-28,32H,2,5,11-20H2,1,3-4H3,(H,35,36). The fourth-order valence-electron chi connectivity index (χ4n) is 6.01. The minimum absolute atomic E-state index is 0.137. The number of carbonyl (C=O) groups is 2. The van der Waals surface area contributed by atoms with Gasteiger partial charge in [-0.25, -0.2) is 9.18 Å². The molecule has 38 heavy (non-hydrogen) atoms. The van der Waals surface area contributed by atoms with Crippen molar-refractivity contribution in [1.82, 2.24) is 15.1 Å². The maximum Gasteiger partial charge on any atom is 0.410 e. The van der Waals surface area contributed by atoms with E-state index in [2.05, 4.69) is 37.6 Å². The number of nitrogens with zero attached hydrogens (tertiary/aromatic N) is 2. The molecule has 7 nitrogen and oxygen atoms in total. The number of carboxylic acid groups (broad SMARTS) is 1. The van der Waals surface area contributed by atoms with Crippen molar-refractivity contribution in [3.05, 3.63) is 48.3 Å². The number of amides is 1. The van der Waals surface area contributed by atoms with E-state index in [-0.39, 0.29) is 30.6 Å². The van der Waals surface area contributed by atoms with Gasteiger partial charge >= 0.3 is 12.1 Å². The predicted molar refractivity (Wildman–Crippen MR) is 147 cm³/mol. The Morgan fingerprint density at radius 2 is 1.92 bits per heavy atom. The molecule has 1 heterocycles. The first-order valence-corrected chi connectivity index (χ1v) is 14.2. The van der Waals surface area contributed by atoms with Crippen molar-refractivity contribution in [1.29, 1.82) is 0 Å². The third-order valence-corrected chi connectivity index (χ3v) is 7.96. The van der Waals surface area contributed by atoms with Crippen LogP contribution in [0.25, 0.3) is 0 Å². The second-order valence-electron chi connectivity index (χ2n) is 11.4. The number of allylic oxidation sites excluding steroid dienone is 1. The summed E-state index contributed by atoms with van der Waals surface area (Å²) in [5, 5.41) is 13.1. The summed E-state index contributed by atoms with van der Waals surface area (Å²) in [6.07, 6.45) is 6.90. The number of aliphatic carboxylic acids is 1. The molecule has 0 bridgehead atoms.